The summed E-state index contributed by atoms with van der Waals surface area (Å²) in [4.78, 5) is 3.91. The molecule has 136 valence electrons. The molecule has 1 atom stereocenters. The minimum absolute atomic E-state index is 0.140. The molecule has 2 heterocycles. The number of nitrogens with zero attached hydrogens (tertiary/aromatic N) is 1. The minimum Gasteiger partial charge on any atom is -0.467 e. The average Bonchev–Trinajstić information content (AvgIpc) is 3.08. The average molecular weight is 379 g/mol. The first-order chi connectivity index (χ1) is 12.3. The number of anilines is 2. The number of sulfonamides is 1. The van der Waals surface area contributed by atoms with Crippen LogP contribution in [0.4, 0.5) is 20.3 Å². The summed E-state index contributed by atoms with van der Waals surface area (Å²) < 4.78 is 58.4. The highest BCUT2D eigenvalue weighted by Crippen LogP contribution is 2.21. The zero-order valence-electron chi connectivity index (χ0n) is 13.6. The predicted molar refractivity (Wildman–Crippen MR) is 92.1 cm³/mol. The molecule has 3 aromatic rings. The lowest BCUT2D eigenvalue weighted by Crippen LogP contribution is -2.14. The van der Waals surface area contributed by atoms with Crippen LogP contribution in [-0.4, -0.2) is 13.4 Å². The van der Waals surface area contributed by atoms with E-state index in [1.165, 1.54) is 12.1 Å². The Labute approximate surface area is 148 Å². The molecule has 0 aliphatic heterocycles. The molecule has 0 aliphatic carbocycles. The fraction of sp³-hybridized carbons (Fsp3) is 0.118. The maximum atomic E-state index is 13.2. The maximum Gasteiger partial charge on any atom is 0.263 e. The van der Waals surface area contributed by atoms with E-state index in [9.17, 15) is 17.2 Å². The Morgan fingerprint density at radius 2 is 1.85 bits per heavy atom. The number of benzene rings is 1. The molecule has 0 amide bonds. The number of pyridine rings is 1. The highest BCUT2D eigenvalue weighted by atomic mass is 32.2. The predicted octanol–water partition coefficient (Wildman–Crippen LogP) is 3.93. The fourth-order valence-corrected chi connectivity index (χ4v) is 3.27. The number of hydrogen-bond donors (Lipinski definition) is 2. The van der Waals surface area contributed by atoms with Gasteiger partial charge in [0.15, 0.2) is 0 Å². The normalized spacial score (nSPS) is 12.6. The lowest BCUT2D eigenvalue weighted by atomic mass is 10.2. The van der Waals surface area contributed by atoms with Crippen molar-refractivity contribution in [3.63, 3.8) is 0 Å². The van der Waals surface area contributed by atoms with Crippen molar-refractivity contribution in [1.29, 1.82) is 0 Å². The van der Waals surface area contributed by atoms with Gasteiger partial charge in [-0.25, -0.2) is 22.2 Å². The Kier molecular flexibility index (Phi) is 4.90. The van der Waals surface area contributed by atoms with Gasteiger partial charge >= 0.3 is 0 Å². The van der Waals surface area contributed by atoms with Gasteiger partial charge in [0.05, 0.1) is 18.0 Å². The molecule has 0 aliphatic rings. The van der Waals surface area contributed by atoms with Gasteiger partial charge in [-0.15, -0.1) is 0 Å². The molecule has 2 aromatic heterocycles. The second-order valence-corrected chi connectivity index (χ2v) is 7.21. The second kappa shape index (κ2) is 7.12. The van der Waals surface area contributed by atoms with Gasteiger partial charge in [-0.3, -0.25) is 4.72 Å². The second-order valence-electron chi connectivity index (χ2n) is 5.52. The molecule has 2 N–H and O–H groups in total. The van der Waals surface area contributed by atoms with Crippen LogP contribution in [0.1, 0.15) is 18.7 Å². The van der Waals surface area contributed by atoms with E-state index >= 15 is 0 Å². The van der Waals surface area contributed by atoms with Gasteiger partial charge in [-0.2, -0.15) is 0 Å². The van der Waals surface area contributed by atoms with E-state index in [0.717, 1.165) is 18.3 Å². The van der Waals surface area contributed by atoms with Crippen molar-refractivity contribution in [2.75, 3.05) is 10.0 Å². The van der Waals surface area contributed by atoms with Crippen LogP contribution in [0.15, 0.2) is 64.2 Å². The van der Waals surface area contributed by atoms with Crippen LogP contribution in [0.25, 0.3) is 0 Å². The lowest BCUT2D eigenvalue weighted by Gasteiger charge is -2.13. The number of halogens is 2. The number of rotatable bonds is 6. The number of hydrogen-bond acceptors (Lipinski definition) is 5. The summed E-state index contributed by atoms with van der Waals surface area (Å²) in [5.74, 6) is -0.609. The third kappa shape index (κ3) is 4.17. The van der Waals surface area contributed by atoms with Crippen molar-refractivity contribution in [1.82, 2.24) is 4.98 Å². The molecule has 0 bridgehead atoms. The van der Waals surface area contributed by atoms with Crippen molar-refractivity contribution in [2.45, 2.75) is 17.9 Å². The molecular formula is C17H15F2N3O3S. The third-order valence-electron chi connectivity index (χ3n) is 3.50. The summed E-state index contributed by atoms with van der Waals surface area (Å²) in [6.07, 6.45) is 2.70. The van der Waals surface area contributed by atoms with Gasteiger partial charge in [-0.1, -0.05) is 0 Å². The molecule has 0 saturated carbocycles. The van der Waals surface area contributed by atoms with E-state index in [0.29, 0.717) is 17.6 Å². The first-order valence-electron chi connectivity index (χ1n) is 7.58. The van der Waals surface area contributed by atoms with Crippen molar-refractivity contribution in [3.05, 3.63) is 72.3 Å². The molecule has 9 heteroatoms. The van der Waals surface area contributed by atoms with E-state index in [2.05, 4.69) is 15.0 Å². The monoisotopic (exact) mass is 379 g/mol. The molecule has 3 rings (SSSR count). The summed E-state index contributed by atoms with van der Waals surface area (Å²) >= 11 is 0. The van der Waals surface area contributed by atoms with Crippen LogP contribution in [0.5, 0.6) is 0 Å². The molecule has 0 fully saturated rings. The zero-order valence-corrected chi connectivity index (χ0v) is 14.4. The van der Waals surface area contributed by atoms with Crippen molar-refractivity contribution >= 4 is 21.5 Å². The molecule has 0 radical (unpaired) electrons. The maximum absolute atomic E-state index is 13.2. The summed E-state index contributed by atoms with van der Waals surface area (Å²) in [5.41, 5.74) is -0.212. The molecule has 0 saturated heterocycles. The van der Waals surface area contributed by atoms with Gasteiger partial charge < -0.3 is 9.73 Å². The van der Waals surface area contributed by atoms with Crippen molar-refractivity contribution in [2.24, 2.45) is 0 Å². The summed E-state index contributed by atoms with van der Waals surface area (Å²) in [6.45, 7) is 1.87. The Morgan fingerprint density at radius 1 is 1.12 bits per heavy atom. The molecule has 26 heavy (non-hydrogen) atoms. The molecule has 0 spiro atoms. The van der Waals surface area contributed by atoms with Crippen molar-refractivity contribution in [3.8, 4) is 0 Å². The molecule has 6 nitrogen and oxygen atoms in total. The van der Waals surface area contributed by atoms with Gasteiger partial charge in [0.2, 0.25) is 0 Å². The van der Waals surface area contributed by atoms with Crippen LogP contribution in [0, 0.1) is 11.6 Å². The van der Waals surface area contributed by atoms with E-state index in [-0.39, 0.29) is 16.6 Å². The van der Waals surface area contributed by atoms with Gasteiger partial charge in [0.25, 0.3) is 10.0 Å². The first-order valence-corrected chi connectivity index (χ1v) is 9.07. The first kappa shape index (κ1) is 17.9. The Hall–Kier alpha value is -2.94. The number of furan rings is 1. The SMILES string of the molecule is CC(Nc1ccc(S(=O)(=O)Nc2cc(F)cc(F)c2)cn1)c1ccco1. The van der Waals surface area contributed by atoms with Gasteiger partial charge in [0.1, 0.15) is 28.1 Å². The molecule has 1 unspecified atom stereocenters. The quantitative estimate of drug-likeness (QED) is 0.678. The fourth-order valence-electron chi connectivity index (χ4n) is 2.28. The van der Waals surface area contributed by atoms with Crippen LogP contribution < -0.4 is 10.0 Å². The van der Waals surface area contributed by atoms with Crippen LogP contribution in [0.2, 0.25) is 0 Å². The Bertz CT molecular complexity index is 970. The van der Waals surface area contributed by atoms with E-state index in [4.69, 9.17) is 4.42 Å². The van der Waals surface area contributed by atoms with Crippen LogP contribution in [0.3, 0.4) is 0 Å². The molecular weight excluding hydrogens is 364 g/mol. The summed E-state index contributed by atoms with van der Waals surface area (Å²) in [7, 11) is -4.03. The van der Waals surface area contributed by atoms with E-state index < -0.39 is 21.7 Å². The zero-order chi connectivity index (χ0) is 18.7. The standard InChI is InChI=1S/C17H15F2N3O3S/c1-11(16-3-2-6-25-16)21-17-5-4-15(10-20-17)26(23,24)22-14-8-12(18)7-13(19)9-14/h2-11,22H,1H3,(H,20,21). The highest BCUT2D eigenvalue weighted by Gasteiger charge is 2.16. The minimum atomic E-state index is -4.03. The number of aromatic nitrogens is 1. The topological polar surface area (TPSA) is 84.2 Å². The van der Waals surface area contributed by atoms with E-state index in [1.807, 2.05) is 6.92 Å². The third-order valence-corrected chi connectivity index (χ3v) is 4.86. The largest absolute Gasteiger partial charge is 0.467 e. The summed E-state index contributed by atoms with van der Waals surface area (Å²) in [6, 6.07) is 8.65. The van der Waals surface area contributed by atoms with Crippen LogP contribution in [-0.2, 0) is 10.0 Å². The smallest absolute Gasteiger partial charge is 0.263 e. The lowest BCUT2D eigenvalue weighted by molar-refractivity contribution is 0.490. The Balaban J connectivity index is 1.74. The number of nitrogens with one attached hydrogen (secondary N) is 2. The van der Waals surface area contributed by atoms with Crippen molar-refractivity contribution < 1.29 is 21.6 Å². The van der Waals surface area contributed by atoms with Gasteiger partial charge in [0, 0.05) is 12.3 Å². The van der Waals surface area contributed by atoms with Crippen LogP contribution >= 0.6 is 0 Å². The Morgan fingerprint density at radius 3 is 2.42 bits per heavy atom. The molecule has 1 aromatic carbocycles. The van der Waals surface area contributed by atoms with Gasteiger partial charge in [-0.05, 0) is 43.3 Å². The summed E-state index contributed by atoms with van der Waals surface area (Å²) in [5, 5.41) is 3.07. The van der Waals surface area contributed by atoms with E-state index in [1.54, 1.807) is 18.4 Å². The highest BCUT2D eigenvalue weighted by molar-refractivity contribution is 7.92.